The minimum atomic E-state index is -1.18. The van der Waals surface area contributed by atoms with Crippen LogP contribution in [-0.2, 0) is 4.79 Å². The lowest BCUT2D eigenvalue weighted by molar-refractivity contribution is -0.480. The molecule has 4 N–H and O–H groups in total. The van der Waals surface area contributed by atoms with E-state index in [1.165, 1.54) is 24.3 Å². The van der Waals surface area contributed by atoms with Crippen LogP contribution in [0.15, 0.2) is 24.3 Å². The van der Waals surface area contributed by atoms with Gasteiger partial charge in [0.25, 0.3) is 0 Å². The monoisotopic (exact) mass is 251 g/mol. The van der Waals surface area contributed by atoms with E-state index in [4.69, 9.17) is 10.8 Å². The average molecular weight is 251 g/mol. The lowest BCUT2D eigenvalue weighted by Gasteiger charge is -2.07. The molecular weight excluding hydrogens is 238 g/mol. The number of amides is 1. The maximum absolute atomic E-state index is 10.7. The summed E-state index contributed by atoms with van der Waals surface area (Å²) in [4.78, 5) is 20.6. The summed E-state index contributed by atoms with van der Waals surface area (Å²) in [7, 11) is 1.76. The number of guanidine groups is 1. The van der Waals surface area contributed by atoms with Crippen LogP contribution in [0.5, 0.6) is 5.75 Å². The Morgan fingerprint density at radius 3 is 2.39 bits per heavy atom. The molecule has 96 valence electrons. The zero-order valence-electron chi connectivity index (χ0n) is 9.71. The fourth-order valence-electron chi connectivity index (χ4n) is 1.22. The van der Waals surface area contributed by atoms with Crippen LogP contribution in [0.2, 0.25) is 0 Å². The fourth-order valence-corrected chi connectivity index (χ4v) is 1.22. The molecule has 0 aliphatic carbocycles. The second-order valence-corrected chi connectivity index (χ2v) is 3.59. The van der Waals surface area contributed by atoms with Gasteiger partial charge < -0.3 is 10.2 Å². The quantitative estimate of drug-likeness (QED) is 0.527. The number of carbonyl (C=O) groups excluding carboxylic acids is 1. The Morgan fingerprint density at radius 1 is 1.50 bits per heavy atom. The molecule has 7 nitrogen and oxygen atoms in total. The van der Waals surface area contributed by atoms with Crippen LogP contribution < -0.4 is 16.2 Å². The smallest absolute Gasteiger partial charge is 0.351 e. The van der Waals surface area contributed by atoms with Gasteiger partial charge in [-0.2, -0.15) is 0 Å². The second kappa shape index (κ2) is 5.67. The van der Waals surface area contributed by atoms with Gasteiger partial charge in [-0.05, 0) is 6.07 Å². The van der Waals surface area contributed by atoms with E-state index in [1.807, 2.05) is 0 Å². The lowest BCUT2D eigenvalue weighted by atomic mass is 10.2. The van der Waals surface area contributed by atoms with Crippen molar-refractivity contribution in [2.24, 2.45) is 5.73 Å². The minimum absolute atomic E-state index is 0.0370. The number of hydrogen-bond donors (Lipinski definition) is 3. The Balaban J connectivity index is 0.000000184. The molecular formula is C11H13N3O4. The molecule has 0 radical (unpaired) electrons. The third kappa shape index (κ3) is 3.48. The number of carbonyl (C=O) groups is 2. The highest BCUT2D eigenvalue weighted by Gasteiger charge is 2.20. The Labute approximate surface area is 103 Å². The number of nitrogens with one attached hydrogen (secondary N) is 1. The highest BCUT2D eigenvalue weighted by Crippen LogP contribution is 2.10. The highest BCUT2D eigenvalue weighted by molar-refractivity contribution is 5.97. The summed E-state index contributed by atoms with van der Waals surface area (Å²) >= 11 is 0. The zero-order chi connectivity index (χ0) is 13.7. The molecule has 0 fully saturated rings. The Kier molecular flexibility index (Phi) is 4.25. The van der Waals surface area contributed by atoms with Gasteiger partial charge in [0, 0.05) is 0 Å². The van der Waals surface area contributed by atoms with Crippen molar-refractivity contribution in [2.45, 2.75) is 0 Å². The van der Waals surface area contributed by atoms with Crippen LogP contribution in [0.4, 0.5) is 0 Å². The molecule has 18 heavy (non-hydrogen) atoms. The number of hydrogen-bond acceptors (Lipinski definition) is 4. The largest absolute Gasteiger partial charge is 0.872 e. The summed E-state index contributed by atoms with van der Waals surface area (Å²) in [6.45, 7) is 0.381. The summed E-state index contributed by atoms with van der Waals surface area (Å²) in [5.41, 5.74) is 5.10. The first kappa shape index (κ1) is 13.5. The van der Waals surface area contributed by atoms with Gasteiger partial charge in [0.15, 0.2) is 6.54 Å². The van der Waals surface area contributed by atoms with Gasteiger partial charge in [-0.25, -0.2) is 10.1 Å². The predicted octanol–water partition coefficient (Wildman–Crippen LogP) is -1.47. The number of benzene rings is 1. The number of nitrogens with zero attached hydrogens (tertiary/aromatic N) is 1. The molecule has 7 heteroatoms. The van der Waals surface area contributed by atoms with E-state index >= 15 is 0 Å². The van der Waals surface area contributed by atoms with E-state index in [1.54, 1.807) is 11.6 Å². The molecule has 0 aromatic heterocycles. The maximum Gasteiger partial charge on any atom is 0.351 e. The molecule has 0 saturated heterocycles. The molecule has 1 aliphatic rings. The molecule has 1 amide bonds. The Morgan fingerprint density at radius 2 is 2.11 bits per heavy atom. The fraction of sp³-hybridized carbons (Fsp3) is 0.182. The van der Waals surface area contributed by atoms with E-state index < -0.39 is 11.7 Å². The van der Waals surface area contributed by atoms with Gasteiger partial charge >= 0.3 is 17.8 Å². The van der Waals surface area contributed by atoms with Crippen molar-refractivity contribution in [3.05, 3.63) is 29.8 Å². The summed E-state index contributed by atoms with van der Waals surface area (Å²) < 4.78 is 1.66. The first-order valence-corrected chi connectivity index (χ1v) is 5.04. The molecule has 1 aromatic carbocycles. The van der Waals surface area contributed by atoms with Crippen LogP contribution in [0.3, 0.4) is 0 Å². The van der Waals surface area contributed by atoms with Crippen LogP contribution in [0.25, 0.3) is 0 Å². The molecule has 1 aliphatic heterocycles. The first-order valence-electron chi connectivity index (χ1n) is 5.04. The van der Waals surface area contributed by atoms with Gasteiger partial charge in [0.1, 0.15) is 0 Å². The second-order valence-electron chi connectivity index (χ2n) is 3.59. The zero-order valence-corrected chi connectivity index (χ0v) is 9.71. The van der Waals surface area contributed by atoms with E-state index in [9.17, 15) is 14.7 Å². The normalized spacial score (nSPS) is 13.7. The van der Waals surface area contributed by atoms with E-state index in [0.717, 1.165) is 0 Å². The minimum Gasteiger partial charge on any atom is -0.872 e. The molecule has 0 bridgehead atoms. The summed E-state index contributed by atoms with van der Waals surface area (Å²) in [6.07, 6.45) is 0. The number of nitrogens with two attached hydrogens (primary N) is 1. The van der Waals surface area contributed by atoms with Crippen molar-refractivity contribution in [3.63, 3.8) is 0 Å². The SMILES string of the molecule is C[N+]1=C(N)NC(=O)C1.O=C(O)c1ccccc1[O-]. The van der Waals surface area contributed by atoms with E-state index in [-0.39, 0.29) is 11.5 Å². The maximum atomic E-state index is 10.7. The molecule has 1 heterocycles. The highest BCUT2D eigenvalue weighted by atomic mass is 16.4. The summed E-state index contributed by atoms with van der Waals surface area (Å²) in [6, 6.07) is 5.54. The van der Waals surface area contributed by atoms with E-state index in [2.05, 4.69) is 5.32 Å². The Bertz CT molecular complexity index is 495. The van der Waals surface area contributed by atoms with Crippen molar-refractivity contribution in [2.75, 3.05) is 13.6 Å². The van der Waals surface area contributed by atoms with Crippen LogP contribution in [-0.4, -0.2) is 41.1 Å². The summed E-state index contributed by atoms with van der Waals surface area (Å²) in [5, 5.41) is 21.5. The average Bonchev–Trinajstić information content (AvgIpc) is 2.57. The topological polar surface area (TPSA) is 118 Å². The summed E-state index contributed by atoms with van der Waals surface area (Å²) in [5.74, 6) is -1.22. The molecule has 0 saturated carbocycles. The van der Waals surface area contributed by atoms with E-state index in [0.29, 0.717) is 12.5 Å². The lowest BCUT2D eigenvalue weighted by Crippen LogP contribution is -2.32. The molecule has 2 rings (SSSR count). The van der Waals surface area contributed by atoms with Crippen molar-refractivity contribution in [1.29, 1.82) is 0 Å². The van der Waals surface area contributed by atoms with Crippen molar-refractivity contribution >= 4 is 17.8 Å². The van der Waals surface area contributed by atoms with Gasteiger partial charge in [0.2, 0.25) is 0 Å². The van der Waals surface area contributed by atoms with Crippen molar-refractivity contribution < 1.29 is 24.4 Å². The standard InChI is InChI=1S/C7H6O3.C4H7N3O/c8-6-4-2-1-3-5(6)7(9)10;1-7-2-3(8)6-4(7)5/h1-4,8H,(H,9,10);2H2,1H3,(H2,5,6,8). The van der Waals surface area contributed by atoms with Gasteiger partial charge in [0.05, 0.1) is 12.6 Å². The number of rotatable bonds is 1. The number of carboxylic acids is 1. The number of aromatic carboxylic acids is 1. The third-order valence-electron chi connectivity index (χ3n) is 2.18. The number of carboxylic acid groups (broad SMARTS) is 1. The van der Waals surface area contributed by atoms with Gasteiger partial charge in [-0.15, -0.1) is 0 Å². The van der Waals surface area contributed by atoms with Crippen LogP contribution in [0, 0.1) is 0 Å². The van der Waals surface area contributed by atoms with Gasteiger partial charge in [-0.1, -0.05) is 23.9 Å². The first-order chi connectivity index (χ1) is 8.41. The van der Waals surface area contributed by atoms with Gasteiger partial charge in [-0.3, -0.25) is 15.1 Å². The predicted molar refractivity (Wildman–Crippen MR) is 61.2 cm³/mol. The molecule has 0 atom stereocenters. The molecule has 1 aromatic rings. The molecule has 0 spiro atoms. The van der Waals surface area contributed by atoms with Crippen LogP contribution >= 0.6 is 0 Å². The van der Waals surface area contributed by atoms with Crippen molar-refractivity contribution in [1.82, 2.24) is 5.32 Å². The van der Waals surface area contributed by atoms with Crippen molar-refractivity contribution in [3.8, 4) is 5.75 Å². The Hall–Kier alpha value is -2.57. The third-order valence-corrected chi connectivity index (χ3v) is 2.18. The van der Waals surface area contributed by atoms with Crippen LogP contribution in [0.1, 0.15) is 10.4 Å². The number of para-hydroxylation sites is 1. The number of likely N-dealkylation sites (N-methyl/N-ethyl adjacent to an activating group) is 1. The molecule has 0 unspecified atom stereocenters.